The molecule has 0 aromatic heterocycles. The maximum atomic E-state index is 12.8. The highest BCUT2D eigenvalue weighted by atomic mass is 19.4. The third kappa shape index (κ3) is 5.77. The van der Waals surface area contributed by atoms with Crippen molar-refractivity contribution in [2.75, 3.05) is 5.32 Å². The van der Waals surface area contributed by atoms with E-state index in [1.165, 1.54) is 6.20 Å². The number of nitrogens with one attached hydrogen (secondary N) is 2. The molecule has 2 amide bonds. The fourth-order valence-electron chi connectivity index (χ4n) is 2.18. The third-order valence-corrected chi connectivity index (χ3v) is 3.51. The number of anilines is 1. The first-order valence-electron chi connectivity index (χ1n) is 7.56. The molecule has 0 fully saturated rings. The molecule has 2 rings (SSSR count). The van der Waals surface area contributed by atoms with Crippen molar-refractivity contribution in [1.82, 2.24) is 5.32 Å². The fourth-order valence-corrected chi connectivity index (χ4v) is 2.18. The molecule has 2 aromatic carbocycles. The average molecular weight is 388 g/mol. The minimum absolute atomic E-state index is 0.0127. The highest BCUT2D eigenvalue weighted by Gasteiger charge is 2.37. The van der Waals surface area contributed by atoms with E-state index in [9.17, 15) is 31.1 Å². The van der Waals surface area contributed by atoms with Crippen LogP contribution in [0.15, 0.2) is 48.7 Å². The summed E-state index contributed by atoms with van der Waals surface area (Å²) in [7, 11) is 0. The van der Waals surface area contributed by atoms with Gasteiger partial charge in [-0.25, -0.2) is 4.79 Å². The lowest BCUT2D eigenvalue weighted by Gasteiger charge is -2.14. The first-order valence-corrected chi connectivity index (χ1v) is 7.56. The van der Waals surface area contributed by atoms with Crippen molar-refractivity contribution >= 4 is 17.8 Å². The Morgan fingerprint density at radius 3 is 2.00 bits per heavy atom. The van der Waals surface area contributed by atoms with Crippen molar-refractivity contribution in [1.29, 1.82) is 0 Å². The SMILES string of the molecule is Cc1ccccc1/C=C/NC(=O)Nc1cc(C(F)(F)F)cc(C(F)(F)F)c1. The average Bonchev–Trinajstić information content (AvgIpc) is 2.54. The molecule has 0 atom stereocenters. The maximum absolute atomic E-state index is 12.8. The first-order chi connectivity index (χ1) is 12.5. The summed E-state index contributed by atoms with van der Waals surface area (Å²) in [5.41, 5.74) is -1.94. The second kappa shape index (κ2) is 7.73. The zero-order chi connectivity index (χ0) is 20.2. The van der Waals surface area contributed by atoms with Crippen LogP contribution in [-0.4, -0.2) is 6.03 Å². The molecule has 2 N–H and O–H groups in total. The van der Waals surface area contributed by atoms with Crippen LogP contribution >= 0.6 is 0 Å². The van der Waals surface area contributed by atoms with Crippen LogP contribution in [0.4, 0.5) is 36.8 Å². The van der Waals surface area contributed by atoms with Crippen molar-refractivity contribution < 1.29 is 31.1 Å². The summed E-state index contributed by atoms with van der Waals surface area (Å²) in [5.74, 6) is 0. The van der Waals surface area contributed by atoms with Crippen LogP contribution in [0.25, 0.3) is 6.08 Å². The molecule has 0 heterocycles. The number of carbonyl (C=O) groups excluding carboxylic acids is 1. The highest BCUT2D eigenvalue weighted by molar-refractivity contribution is 5.90. The second-order valence-electron chi connectivity index (χ2n) is 5.58. The standard InChI is InChI=1S/C18H14F6N2O/c1-11-4-2-3-5-12(11)6-7-25-16(27)26-15-9-13(17(19,20)21)8-14(10-15)18(22,23)24/h2-10H,1H3,(H2,25,26,27)/b7-6+. The molecule has 0 aliphatic rings. The number of benzene rings is 2. The Labute approximate surface area is 150 Å². The molecule has 2 aromatic rings. The molecule has 27 heavy (non-hydrogen) atoms. The van der Waals surface area contributed by atoms with Crippen molar-refractivity contribution in [3.05, 3.63) is 70.9 Å². The third-order valence-electron chi connectivity index (χ3n) is 3.51. The molecule has 0 spiro atoms. The van der Waals surface area contributed by atoms with Crippen molar-refractivity contribution in [2.24, 2.45) is 0 Å². The number of carbonyl (C=O) groups is 1. The van der Waals surface area contributed by atoms with E-state index in [-0.39, 0.29) is 6.07 Å². The van der Waals surface area contributed by atoms with E-state index in [0.29, 0.717) is 12.1 Å². The summed E-state index contributed by atoms with van der Waals surface area (Å²) in [6.45, 7) is 1.83. The smallest absolute Gasteiger partial charge is 0.314 e. The predicted octanol–water partition coefficient (Wildman–Crippen LogP) is 5.83. The minimum atomic E-state index is -4.99. The van der Waals surface area contributed by atoms with Crippen LogP contribution in [0.1, 0.15) is 22.3 Å². The van der Waals surface area contributed by atoms with E-state index in [2.05, 4.69) is 5.32 Å². The van der Waals surface area contributed by atoms with E-state index >= 15 is 0 Å². The molecule has 0 unspecified atom stereocenters. The largest absolute Gasteiger partial charge is 0.416 e. The minimum Gasteiger partial charge on any atom is -0.314 e. The van der Waals surface area contributed by atoms with E-state index < -0.39 is 35.2 Å². The van der Waals surface area contributed by atoms with Crippen LogP contribution < -0.4 is 10.6 Å². The number of hydrogen-bond acceptors (Lipinski definition) is 1. The molecule has 0 radical (unpaired) electrons. The van der Waals surface area contributed by atoms with Gasteiger partial charge >= 0.3 is 18.4 Å². The van der Waals surface area contributed by atoms with E-state index in [4.69, 9.17) is 0 Å². The number of alkyl halides is 6. The summed E-state index contributed by atoms with van der Waals surface area (Å²) >= 11 is 0. The number of hydrogen-bond donors (Lipinski definition) is 2. The highest BCUT2D eigenvalue weighted by Crippen LogP contribution is 2.37. The zero-order valence-electron chi connectivity index (χ0n) is 13.9. The summed E-state index contributed by atoms with van der Waals surface area (Å²) < 4.78 is 76.8. The monoisotopic (exact) mass is 388 g/mol. The van der Waals surface area contributed by atoms with Gasteiger partial charge in [0.25, 0.3) is 0 Å². The Hall–Kier alpha value is -2.97. The molecule has 0 aliphatic carbocycles. The molecule has 0 saturated heterocycles. The lowest BCUT2D eigenvalue weighted by Crippen LogP contribution is -2.24. The van der Waals surface area contributed by atoms with Crippen LogP contribution in [0.2, 0.25) is 0 Å². The van der Waals surface area contributed by atoms with Gasteiger partial charge in [0.1, 0.15) is 0 Å². The Morgan fingerprint density at radius 2 is 1.48 bits per heavy atom. The number of urea groups is 1. The van der Waals surface area contributed by atoms with E-state index in [1.807, 2.05) is 24.4 Å². The van der Waals surface area contributed by atoms with Gasteiger partial charge in [-0.3, -0.25) is 0 Å². The molecular formula is C18H14F6N2O. The van der Waals surface area contributed by atoms with Crippen molar-refractivity contribution in [2.45, 2.75) is 19.3 Å². The molecule has 9 heteroatoms. The lowest BCUT2D eigenvalue weighted by atomic mass is 10.1. The number of rotatable bonds is 3. The summed E-state index contributed by atoms with van der Waals surface area (Å²) in [5, 5.41) is 4.20. The molecule has 144 valence electrons. The van der Waals surface area contributed by atoms with E-state index in [0.717, 1.165) is 11.1 Å². The summed E-state index contributed by atoms with van der Waals surface area (Å²) in [4.78, 5) is 11.8. The summed E-state index contributed by atoms with van der Waals surface area (Å²) in [6, 6.07) is 7.06. The molecular weight excluding hydrogens is 374 g/mol. The Morgan fingerprint density at radius 1 is 0.926 bits per heavy atom. The van der Waals surface area contributed by atoms with Crippen LogP contribution in [0.5, 0.6) is 0 Å². The Kier molecular flexibility index (Phi) is 5.82. The Balaban J connectivity index is 2.16. The van der Waals surface area contributed by atoms with Gasteiger partial charge in [0, 0.05) is 11.9 Å². The second-order valence-corrected chi connectivity index (χ2v) is 5.58. The van der Waals surface area contributed by atoms with Gasteiger partial charge in [-0.1, -0.05) is 24.3 Å². The van der Waals surface area contributed by atoms with Crippen molar-refractivity contribution in [3.63, 3.8) is 0 Å². The molecule has 0 saturated carbocycles. The maximum Gasteiger partial charge on any atom is 0.416 e. The normalized spacial score (nSPS) is 12.3. The van der Waals surface area contributed by atoms with Gasteiger partial charge in [0.15, 0.2) is 0 Å². The fraction of sp³-hybridized carbons (Fsp3) is 0.167. The predicted molar refractivity (Wildman–Crippen MR) is 88.8 cm³/mol. The quantitative estimate of drug-likeness (QED) is 0.639. The van der Waals surface area contributed by atoms with E-state index in [1.54, 1.807) is 18.2 Å². The van der Waals surface area contributed by atoms with Gasteiger partial charge in [-0.15, -0.1) is 0 Å². The number of halogens is 6. The molecule has 0 bridgehead atoms. The van der Waals surface area contributed by atoms with Gasteiger partial charge in [0.2, 0.25) is 0 Å². The van der Waals surface area contributed by atoms with Crippen LogP contribution in [0.3, 0.4) is 0 Å². The topological polar surface area (TPSA) is 41.1 Å². The number of aryl methyl sites for hydroxylation is 1. The summed E-state index contributed by atoms with van der Waals surface area (Å²) in [6.07, 6.45) is -7.20. The molecule has 3 nitrogen and oxygen atoms in total. The van der Waals surface area contributed by atoms with Crippen LogP contribution in [0, 0.1) is 6.92 Å². The van der Waals surface area contributed by atoms with Crippen LogP contribution in [-0.2, 0) is 12.4 Å². The van der Waals surface area contributed by atoms with Gasteiger partial charge < -0.3 is 10.6 Å². The zero-order valence-corrected chi connectivity index (χ0v) is 13.9. The number of amides is 2. The van der Waals surface area contributed by atoms with Gasteiger partial charge in [-0.05, 0) is 42.3 Å². The Bertz CT molecular complexity index is 823. The van der Waals surface area contributed by atoms with Gasteiger partial charge in [0.05, 0.1) is 11.1 Å². The molecule has 0 aliphatic heterocycles. The first kappa shape index (κ1) is 20.3. The lowest BCUT2D eigenvalue weighted by molar-refractivity contribution is -0.143. The van der Waals surface area contributed by atoms with Gasteiger partial charge in [-0.2, -0.15) is 26.3 Å². The van der Waals surface area contributed by atoms with Crippen molar-refractivity contribution in [3.8, 4) is 0 Å².